The minimum absolute atomic E-state index is 0.00214. The molecular formula is C28H49NO4. The number of carbonyl (C=O) groups is 1. The summed E-state index contributed by atoms with van der Waals surface area (Å²) in [5, 5.41) is 15.4. The number of fused-ring (bicyclic) bond motifs is 5. The summed E-state index contributed by atoms with van der Waals surface area (Å²) in [6.45, 7) is 13.0. The lowest BCUT2D eigenvalue weighted by atomic mass is 9.43. The number of aliphatic hydroxyl groups is 1. The molecule has 0 radical (unpaired) electrons. The fourth-order valence-electron chi connectivity index (χ4n) is 9.23. The number of hydrogen-bond acceptors (Lipinski definition) is 5. The van der Waals surface area contributed by atoms with Crippen LogP contribution in [0.3, 0.4) is 0 Å². The van der Waals surface area contributed by atoms with Gasteiger partial charge in [-0.25, -0.2) is 0 Å². The Bertz CT molecular complexity index is 712. The molecule has 33 heavy (non-hydrogen) atoms. The van der Waals surface area contributed by atoms with Crippen LogP contribution in [-0.2, 0) is 14.3 Å². The van der Waals surface area contributed by atoms with Crippen molar-refractivity contribution < 1.29 is 19.4 Å². The average Bonchev–Trinajstić information content (AvgIpc) is 3.08. The molecule has 4 saturated carbocycles. The van der Waals surface area contributed by atoms with Crippen molar-refractivity contribution in [3.8, 4) is 0 Å². The third kappa shape index (κ3) is 4.40. The maximum Gasteiger partial charge on any atom is 0.309 e. The standard InChI is InChI=1S/C28H49NO4/c1-7-33-28(31)14-12-19-8-9-20-21-10-11-22(25(30)32-6)26(21,4)16-23(29-15-13-18(2)3)24(20)27(19,5)17-28/h18-24,29,31H,7-17H2,1-6H3/t19-,20-,21-,22+,23+,24+,26-,27-,28+/m0/s1. The highest BCUT2D eigenvalue weighted by molar-refractivity contribution is 5.74. The predicted molar refractivity (Wildman–Crippen MR) is 130 cm³/mol. The summed E-state index contributed by atoms with van der Waals surface area (Å²) in [6.07, 6.45) is 9.35. The quantitative estimate of drug-likeness (QED) is 0.403. The van der Waals surface area contributed by atoms with Gasteiger partial charge in [0.15, 0.2) is 5.79 Å². The molecule has 0 saturated heterocycles. The van der Waals surface area contributed by atoms with Crippen LogP contribution in [0, 0.1) is 46.3 Å². The summed E-state index contributed by atoms with van der Waals surface area (Å²) in [6, 6.07) is 0.372. The monoisotopic (exact) mass is 463 g/mol. The topological polar surface area (TPSA) is 67.8 Å². The second kappa shape index (κ2) is 9.43. The summed E-state index contributed by atoms with van der Waals surface area (Å²) < 4.78 is 11.2. The van der Waals surface area contributed by atoms with E-state index in [0.29, 0.717) is 42.2 Å². The molecule has 2 N–H and O–H groups in total. The van der Waals surface area contributed by atoms with E-state index in [0.717, 1.165) is 51.5 Å². The Morgan fingerprint density at radius 3 is 2.55 bits per heavy atom. The molecular weight excluding hydrogens is 414 g/mol. The summed E-state index contributed by atoms with van der Waals surface area (Å²) in [4.78, 5) is 12.8. The molecule has 0 bridgehead atoms. The Labute approximate surface area is 201 Å². The van der Waals surface area contributed by atoms with Gasteiger partial charge in [-0.15, -0.1) is 0 Å². The SMILES string of the molecule is CCO[C@]1(O)CC[C@@H]2CC[C@@H]3[C@H]([C@H](NCCC(C)C)C[C@]4(C)[C@@H](C(=O)OC)CC[C@@H]34)[C@@]2(C)C1. The number of carbonyl (C=O) groups excluding carboxylic acids is 1. The zero-order chi connectivity index (χ0) is 24.0. The first-order chi connectivity index (χ1) is 15.6. The molecule has 4 aliphatic carbocycles. The van der Waals surface area contributed by atoms with E-state index in [1.165, 1.54) is 12.8 Å². The number of ether oxygens (including phenoxy) is 2. The van der Waals surface area contributed by atoms with Crippen LogP contribution in [0.5, 0.6) is 0 Å². The van der Waals surface area contributed by atoms with Gasteiger partial charge in [-0.1, -0.05) is 27.7 Å². The van der Waals surface area contributed by atoms with Crippen LogP contribution in [0.1, 0.15) is 92.4 Å². The van der Waals surface area contributed by atoms with Crippen LogP contribution in [0.2, 0.25) is 0 Å². The third-order valence-electron chi connectivity index (χ3n) is 10.6. The van der Waals surface area contributed by atoms with E-state index in [2.05, 4.69) is 33.0 Å². The lowest BCUT2D eigenvalue weighted by Gasteiger charge is -2.64. The van der Waals surface area contributed by atoms with Gasteiger partial charge in [0, 0.05) is 25.5 Å². The van der Waals surface area contributed by atoms with Gasteiger partial charge in [-0.2, -0.15) is 0 Å². The Morgan fingerprint density at radius 1 is 1.12 bits per heavy atom. The first kappa shape index (κ1) is 25.4. The van der Waals surface area contributed by atoms with Crippen LogP contribution in [0.4, 0.5) is 0 Å². The van der Waals surface area contributed by atoms with E-state index in [4.69, 9.17) is 9.47 Å². The van der Waals surface area contributed by atoms with Gasteiger partial charge in [0.05, 0.1) is 13.0 Å². The van der Waals surface area contributed by atoms with Gasteiger partial charge in [0.25, 0.3) is 0 Å². The van der Waals surface area contributed by atoms with Crippen molar-refractivity contribution in [3.63, 3.8) is 0 Å². The normalized spacial score (nSPS) is 47.0. The smallest absolute Gasteiger partial charge is 0.309 e. The maximum absolute atomic E-state index is 12.8. The molecule has 0 aromatic carbocycles. The van der Waals surface area contributed by atoms with E-state index >= 15 is 0 Å². The number of rotatable bonds is 7. The molecule has 0 aliphatic heterocycles. The average molecular weight is 464 g/mol. The molecule has 0 spiro atoms. The minimum atomic E-state index is -0.991. The van der Waals surface area contributed by atoms with Crippen molar-refractivity contribution in [1.29, 1.82) is 0 Å². The predicted octanol–water partition coefficient (Wildman–Crippen LogP) is 5.16. The van der Waals surface area contributed by atoms with Crippen molar-refractivity contribution in [2.75, 3.05) is 20.3 Å². The second-order valence-electron chi connectivity index (χ2n) is 12.8. The van der Waals surface area contributed by atoms with Crippen LogP contribution in [-0.4, -0.2) is 43.2 Å². The van der Waals surface area contributed by atoms with Gasteiger partial charge >= 0.3 is 5.97 Å². The first-order valence-electron chi connectivity index (χ1n) is 13.8. The highest BCUT2D eigenvalue weighted by atomic mass is 16.6. The molecule has 5 heteroatoms. The Morgan fingerprint density at radius 2 is 1.88 bits per heavy atom. The number of hydrogen-bond donors (Lipinski definition) is 2. The summed E-state index contributed by atoms with van der Waals surface area (Å²) >= 11 is 0. The van der Waals surface area contributed by atoms with Gasteiger partial charge < -0.3 is 19.9 Å². The van der Waals surface area contributed by atoms with Crippen LogP contribution in [0.15, 0.2) is 0 Å². The van der Waals surface area contributed by atoms with Crippen LogP contribution >= 0.6 is 0 Å². The fourth-order valence-corrected chi connectivity index (χ4v) is 9.23. The Kier molecular flexibility index (Phi) is 7.27. The molecule has 0 unspecified atom stereocenters. The van der Waals surface area contributed by atoms with E-state index in [1.807, 2.05) is 6.92 Å². The lowest BCUT2D eigenvalue weighted by molar-refractivity contribution is -0.267. The molecule has 4 fully saturated rings. The molecule has 5 nitrogen and oxygen atoms in total. The molecule has 0 amide bonds. The highest BCUT2D eigenvalue weighted by Gasteiger charge is 2.65. The fraction of sp³-hybridized carbons (Fsp3) is 0.964. The molecule has 0 aromatic rings. The lowest BCUT2D eigenvalue weighted by Crippen LogP contribution is -2.64. The Hall–Kier alpha value is -0.650. The number of methoxy groups -OCH3 is 1. The zero-order valence-electron chi connectivity index (χ0n) is 22.0. The maximum atomic E-state index is 12.8. The van der Waals surface area contributed by atoms with Gasteiger partial charge in [0.2, 0.25) is 0 Å². The first-order valence-corrected chi connectivity index (χ1v) is 13.8. The molecule has 4 aliphatic rings. The van der Waals surface area contributed by atoms with Crippen molar-refractivity contribution in [2.45, 2.75) is 104 Å². The zero-order valence-corrected chi connectivity index (χ0v) is 22.0. The van der Waals surface area contributed by atoms with E-state index in [-0.39, 0.29) is 22.7 Å². The highest BCUT2D eigenvalue weighted by Crippen LogP contribution is 2.68. The van der Waals surface area contributed by atoms with Gasteiger partial charge in [-0.05, 0) is 98.8 Å². The molecule has 4 rings (SSSR count). The van der Waals surface area contributed by atoms with E-state index in [9.17, 15) is 9.90 Å². The molecule has 190 valence electrons. The van der Waals surface area contributed by atoms with Gasteiger partial charge in [-0.3, -0.25) is 4.79 Å². The summed E-state index contributed by atoms with van der Waals surface area (Å²) in [7, 11) is 1.55. The van der Waals surface area contributed by atoms with Crippen LogP contribution in [0.25, 0.3) is 0 Å². The number of esters is 1. The summed E-state index contributed by atoms with van der Waals surface area (Å²) in [5.41, 5.74) is 0.0586. The van der Waals surface area contributed by atoms with E-state index < -0.39 is 5.79 Å². The van der Waals surface area contributed by atoms with E-state index in [1.54, 1.807) is 7.11 Å². The molecule has 9 atom stereocenters. The van der Waals surface area contributed by atoms with Crippen molar-refractivity contribution >= 4 is 5.97 Å². The van der Waals surface area contributed by atoms with Gasteiger partial charge in [0.1, 0.15) is 0 Å². The third-order valence-corrected chi connectivity index (χ3v) is 10.6. The second-order valence-corrected chi connectivity index (χ2v) is 12.8. The molecule has 0 aromatic heterocycles. The largest absolute Gasteiger partial charge is 0.469 e. The van der Waals surface area contributed by atoms with Crippen molar-refractivity contribution in [3.05, 3.63) is 0 Å². The van der Waals surface area contributed by atoms with Crippen molar-refractivity contribution in [2.24, 2.45) is 46.3 Å². The number of nitrogens with one attached hydrogen (secondary N) is 1. The van der Waals surface area contributed by atoms with Crippen molar-refractivity contribution in [1.82, 2.24) is 5.32 Å². The summed E-state index contributed by atoms with van der Waals surface area (Å²) in [5.74, 6) is 2.01. The minimum Gasteiger partial charge on any atom is -0.469 e. The Balaban J connectivity index is 1.68. The molecule has 0 heterocycles. The van der Waals surface area contributed by atoms with Crippen LogP contribution < -0.4 is 5.32 Å².